The second-order valence-corrected chi connectivity index (χ2v) is 6.41. The number of carbonyl (C=O) groups is 3. The minimum absolute atomic E-state index is 0.182. The van der Waals surface area contributed by atoms with Gasteiger partial charge in [-0.15, -0.1) is 5.10 Å². The van der Waals surface area contributed by atoms with Crippen LogP contribution in [0.1, 0.15) is 27.2 Å². The van der Waals surface area contributed by atoms with Crippen molar-refractivity contribution in [1.82, 2.24) is 15.6 Å². The summed E-state index contributed by atoms with van der Waals surface area (Å²) in [6.07, 6.45) is 0.414. The highest BCUT2D eigenvalue weighted by Crippen LogP contribution is 2.14. The van der Waals surface area contributed by atoms with Crippen molar-refractivity contribution in [2.75, 3.05) is 19.3 Å². The van der Waals surface area contributed by atoms with Gasteiger partial charge in [-0.05, 0) is 12.3 Å². The molecule has 1 fully saturated rings. The predicted molar refractivity (Wildman–Crippen MR) is 82.7 cm³/mol. The summed E-state index contributed by atoms with van der Waals surface area (Å²) in [7, 11) is 1.87. The van der Waals surface area contributed by atoms with Crippen molar-refractivity contribution in [2.24, 2.45) is 11.0 Å². The monoisotopic (exact) mass is 314 g/mol. The van der Waals surface area contributed by atoms with Crippen LogP contribution in [0, 0.1) is 5.92 Å². The standard InChI is InChI=1S/C13H22N4O3S/c1-8(2)7-10(14-9(3)18)11(19)12(20)15-16-13-17(4)5-6-21-13/h8,10H,5-7H2,1-4H3,(H,14,18)(H,15,20)/t10-/m0/s1. The highest BCUT2D eigenvalue weighted by Gasteiger charge is 2.27. The highest BCUT2D eigenvalue weighted by molar-refractivity contribution is 8.14. The van der Waals surface area contributed by atoms with E-state index < -0.39 is 17.7 Å². The topological polar surface area (TPSA) is 90.9 Å². The van der Waals surface area contributed by atoms with E-state index in [1.54, 1.807) is 0 Å². The summed E-state index contributed by atoms with van der Waals surface area (Å²) in [6, 6.07) is -0.809. The molecule has 1 rings (SSSR count). The number of Topliss-reactive ketones (excluding diaryl/α,β-unsaturated/α-hetero) is 1. The Balaban J connectivity index is 2.64. The minimum Gasteiger partial charge on any atom is -0.352 e. The van der Waals surface area contributed by atoms with Gasteiger partial charge in [-0.1, -0.05) is 25.6 Å². The molecule has 21 heavy (non-hydrogen) atoms. The minimum atomic E-state index is -0.809. The summed E-state index contributed by atoms with van der Waals surface area (Å²) < 4.78 is 0. The molecule has 8 heteroatoms. The van der Waals surface area contributed by atoms with Gasteiger partial charge in [0, 0.05) is 26.3 Å². The third-order valence-corrected chi connectivity index (χ3v) is 3.91. The van der Waals surface area contributed by atoms with E-state index in [-0.39, 0.29) is 11.8 Å². The molecule has 0 aliphatic carbocycles. The molecule has 0 bridgehead atoms. The summed E-state index contributed by atoms with van der Waals surface area (Å²) in [4.78, 5) is 37.0. The first-order chi connectivity index (χ1) is 9.81. The van der Waals surface area contributed by atoms with E-state index in [4.69, 9.17) is 0 Å². The molecule has 1 atom stereocenters. The van der Waals surface area contributed by atoms with Crippen LogP contribution in [0.5, 0.6) is 0 Å². The Morgan fingerprint density at radius 1 is 1.38 bits per heavy atom. The molecule has 0 aromatic carbocycles. The molecule has 118 valence electrons. The van der Waals surface area contributed by atoms with Crippen molar-refractivity contribution in [2.45, 2.75) is 33.2 Å². The normalized spacial score (nSPS) is 18.0. The molecule has 0 saturated carbocycles. The van der Waals surface area contributed by atoms with Crippen LogP contribution in [0.25, 0.3) is 0 Å². The number of nitrogens with one attached hydrogen (secondary N) is 2. The molecule has 0 aromatic rings. The average Bonchev–Trinajstić information content (AvgIpc) is 2.78. The lowest BCUT2D eigenvalue weighted by Crippen LogP contribution is -2.46. The lowest BCUT2D eigenvalue weighted by molar-refractivity contribution is -0.140. The third kappa shape index (κ3) is 5.74. The van der Waals surface area contributed by atoms with Crippen molar-refractivity contribution < 1.29 is 14.4 Å². The molecule has 0 aromatic heterocycles. The zero-order valence-corrected chi connectivity index (χ0v) is 13.6. The Morgan fingerprint density at radius 2 is 2.05 bits per heavy atom. The van der Waals surface area contributed by atoms with E-state index in [0.29, 0.717) is 11.6 Å². The number of amidine groups is 1. The Labute approximate surface area is 128 Å². The number of hydrogen-bond acceptors (Lipinski definition) is 5. The molecule has 0 spiro atoms. The maximum absolute atomic E-state index is 12.1. The Kier molecular flexibility index (Phi) is 6.67. The molecular formula is C13H22N4O3S. The first kappa shape index (κ1) is 17.5. The zero-order chi connectivity index (χ0) is 16.0. The fourth-order valence-electron chi connectivity index (χ4n) is 1.86. The summed E-state index contributed by atoms with van der Waals surface area (Å²) in [6.45, 7) is 6.02. The Bertz CT molecular complexity index is 451. The van der Waals surface area contributed by atoms with E-state index in [1.165, 1.54) is 18.7 Å². The Morgan fingerprint density at radius 3 is 2.52 bits per heavy atom. The molecule has 1 aliphatic heterocycles. The van der Waals surface area contributed by atoms with Crippen LogP contribution in [0.4, 0.5) is 0 Å². The fourth-order valence-corrected chi connectivity index (χ4v) is 2.83. The summed E-state index contributed by atoms with van der Waals surface area (Å²) >= 11 is 1.51. The number of amides is 2. The predicted octanol–water partition coefficient (Wildman–Crippen LogP) is 0.172. The first-order valence-corrected chi connectivity index (χ1v) is 7.82. The SMILES string of the molecule is CC(=O)N[C@@H](CC(C)C)C(=O)C(=O)NN=C1SCCN1C. The molecule has 0 unspecified atom stereocenters. The van der Waals surface area contributed by atoms with Crippen molar-refractivity contribution >= 4 is 34.5 Å². The van der Waals surface area contributed by atoms with Crippen LogP contribution in [-0.4, -0.2) is 53.1 Å². The molecule has 1 saturated heterocycles. The third-order valence-electron chi connectivity index (χ3n) is 2.86. The number of ketones is 1. The maximum atomic E-state index is 12.1. The van der Waals surface area contributed by atoms with Gasteiger partial charge in [0.25, 0.3) is 0 Å². The number of hydrogen-bond donors (Lipinski definition) is 2. The lowest BCUT2D eigenvalue weighted by Gasteiger charge is -2.17. The van der Waals surface area contributed by atoms with Crippen molar-refractivity contribution in [3.8, 4) is 0 Å². The number of thioether (sulfide) groups is 1. The van der Waals surface area contributed by atoms with Crippen LogP contribution in [0.15, 0.2) is 5.10 Å². The number of carbonyl (C=O) groups excluding carboxylic acids is 3. The highest BCUT2D eigenvalue weighted by atomic mass is 32.2. The number of hydrazone groups is 1. The lowest BCUT2D eigenvalue weighted by atomic mass is 10.00. The largest absolute Gasteiger partial charge is 0.352 e. The van der Waals surface area contributed by atoms with Crippen LogP contribution in [-0.2, 0) is 14.4 Å². The summed E-state index contributed by atoms with van der Waals surface area (Å²) in [5, 5.41) is 7.13. The molecule has 1 aliphatic rings. The van der Waals surface area contributed by atoms with Gasteiger partial charge in [0.15, 0.2) is 5.17 Å². The van der Waals surface area contributed by atoms with E-state index in [2.05, 4.69) is 15.8 Å². The average molecular weight is 314 g/mol. The van der Waals surface area contributed by atoms with Crippen LogP contribution in [0.2, 0.25) is 0 Å². The summed E-state index contributed by atoms with van der Waals surface area (Å²) in [5.74, 6) is -0.724. The molecule has 2 amide bonds. The molecular weight excluding hydrogens is 292 g/mol. The van der Waals surface area contributed by atoms with E-state index in [0.717, 1.165) is 12.3 Å². The molecule has 2 N–H and O–H groups in total. The Hall–Kier alpha value is -1.57. The molecule has 0 radical (unpaired) electrons. The van der Waals surface area contributed by atoms with Crippen molar-refractivity contribution in [3.05, 3.63) is 0 Å². The second kappa shape index (κ2) is 8.02. The molecule has 7 nitrogen and oxygen atoms in total. The van der Waals surface area contributed by atoms with Gasteiger partial charge >= 0.3 is 5.91 Å². The summed E-state index contributed by atoms with van der Waals surface area (Å²) in [5.41, 5.74) is 2.27. The van der Waals surface area contributed by atoms with Gasteiger partial charge in [0.2, 0.25) is 11.7 Å². The van der Waals surface area contributed by atoms with Gasteiger partial charge < -0.3 is 10.2 Å². The van der Waals surface area contributed by atoms with Crippen molar-refractivity contribution in [3.63, 3.8) is 0 Å². The van der Waals surface area contributed by atoms with Gasteiger partial charge in [0.1, 0.15) is 0 Å². The fraction of sp³-hybridized carbons (Fsp3) is 0.692. The van der Waals surface area contributed by atoms with Crippen LogP contribution < -0.4 is 10.7 Å². The quantitative estimate of drug-likeness (QED) is 0.539. The van der Waals surface area contributed by atoms with Gasteiger partial charge in [-0.3, -0.25) is 14.4 Å². The zero-order valence-electron chi connectivity index (χ0n) is 12.8. The first-order valence-electron chi connectivity index (χ1n) is 6.84. The second-order valence-electron chi connectivity index (χ2n) is 5.35. The van der Waals surface area contributed by atoms with E-state index in [1.807, 2.05) is 25.8 Å². The van der Waals surface area contributed by atoms with Crippen LogP contribution >= 0.6 is 11.8 Å². The smallest absolute Gasteiger partial charge is 0.309 e. The van der Waals surface area contributed by atoms with Crippen molar-refractivity contribution in [1.29, 1.82) is 0 Å². The van der Waals surface area contributed by atoms with Crippen LogP contribution in [0.3, 0.4) is 0 Å². The van der Waals surface area contributed by atoms with Gasteiger partial charge in [0.05, 0.1) is 6.04 Å². The number of nitrogens with zero attached hydrogens (tertiary/aromatic N) is 2. The van der Waals surface area contributed by atoms with E-state index in [9.17, 15) is 14.4 Å². The number of rotatable bonds is 6. The maximum Gasteiger partial charge on any atom is 0.309 e. The van der Waals surface area contributed by atoms with E-state index >= 15 is 0 Å². The molecule has 1 heterocycles. The van der Waals surface area contributed by atoms with Gasteiger partial charge in [-0.25, -0.2) is 5.43 Å². The van der Waals surface area contributed by atoms with Gasteiger partial charge in [-0.2, -0.15) is 0 Å².